The highest BCUT2D eigenvalue weighted by Crippen LogP contribution is 2.47. The number of hydrogen-bond acceptors (Lipinski definition) is 4. The van der Waals surface area contributed by atoms with Crippen LogP contribution in [0.2, 0.25) is 0 Å². The second-order valence-electron chi connectivity index (χ2n) is 11.6. The normalized spacial score (nSPS) is 11.9. The Morgan fingerprint density at radius 2 is 1.24 bits per heavy atom. The minimum atomic E-state index is 0.657. The van der Waals surface area contributed by atoms with Gasteiger partial charge in [-0.15, -0.1) is 11.3 Å². The first-order valence-corrected chi connectivity index (χ1v) is 16.2. The van der Waals surface area contributed by atoms with E-state index in [1.54, 1.807) is 6.20 Å². The van der Waals surface area contributed by atoms with Crippen LogP contribution >= 0.6 is 11.3 Å². The highest BCUT2D eigenvalue weighted by molar-refractivity contribution is 7.27. The molecule has 10 aromatic rings. The molecular formula is C41H24N4S. The lowest BCUT2D eigenvalue weighted by Crippen LogP contribution is -1.98. The SMILES string of the molecule is c1ccc(-c2nc(-c3cccc(-n4c5ccccc5c5c6ccccc6c6sc7ccccc7c6c54)c3)nc3ncccc23)cc1. The van der Waals surface area contributed by atoms with Crippen molar-refractivity contribution in [2.75, 3.05) is 0 Å². The van der Waals surface area contributed by atoms with Crippen LogP contribution in [-0.4, -0.2) is 19.5 Å². The molecule has 4 heterocycles. The van der Waals surface area contributed by atoms with Crippen molar-refractivity contribution in [3.05, 3.63) is 146 Å². The molecule has 0 aliphatic rings. The Hall–Kier alpha value is -5.91. The molecule has 0 radical (unpaired) electrons. The van der Waals surface area contributed by atoms with E-state index in [0.29, 0.717) is 11.5 Å². The first-order chi connectivity index (χ1) is 22.8. The van der Waals surface area contributed by atoms with Gasteiger partial charge >= 0.3 is 0 Å². The van der Waals surface area contributed by atoms with Crippen molar-refractivity contribution in [3.8, 4) is 28.3 Å². The topological polar surface area (TPSA) is 43.6 Å². The largest absolute Gasteiger partial charge is 0.309 e. The Labute approximate surface area is 267 Å². The van der Waals surface area contributed by atoms with Gasteiger partial charge in [0.05, 0.1) is 16.7 Å². The quantitative estimate of drug-likeness (QED) is 0.201. The predicted octanol–water partition coefficient (Wildman–Crippen LogP) is 11.0. The van der Waals surface area contributed by atoms with Crippen molar-refractivity contribution in [1.29, 1.82) is 0 Å². The summed E-state index contributed by atoms with van der Waals surface area (Å²) in [7, 11) is 0. The summed E-state index contributed by atoms with van der Waals surface area (Å²) in [6.07, 6.45) is 1.79. The van der Waals surface area contributed by atoms with E-state index < -0.39 is 0 Å². The molecular weight excluding hydrogens is 581 g/mol. The summed E-state index contributed by atoms with van der Waals surface area (Å²) in [5, 5.41) is 8.63. The van der Waals surface area contributed by atoms with Crippen molar-refractivity contribution < 1.29 is 0 Å². The average Bonchev–Trinajstić information content (AvgIpc) is 3.68. The van der Waals surface area contributed by atoms with Crippen LogP contribution in [0.3, 0.4) is 0 Å². The predicted molar refractivity (Wildman–Crippen MR) is 193 cm³/mol. The van der Waals surface area contributed by atoms with Crippen molar-refractivity contribution in [2.24, 2.45) is 0 Å². The summed E-state index contributed by atoms with van der Waals surface area (Å²) in [4.78, 5) is 14.8. The monoisotopic (exact) mass is 604 g/mol. The molecule has 0 bridgehead atoms. The highest BCUT2D eigenvalue weighted by Gasteiger charge is 2.22. The Balaban J connectivity index is 1.31. The number of rotatable bonds is 3. The Bertz CT molecular complexity index is 2810. The molecule has 0 fully saturated rings. The van der Waals surface area contributed by atoms with Crippen LogP contribution < -0.4 is 0 Å². The molecule has 46 heavy (non-hydrogen) atoms. The number of para-hydroxylation sites is 1. The summed E-state index contributed by atoms with van der Waals surface area (Å²) in [6.45, 7) is 0. The van der Waals surface area contributed by atoms with Gasteiger partial charge in [-0.2, -0.15) is 0 Å². The van der Waals surface area contributed by atoms with E-state index in [1.165, 1.54) is 52.8 Å². The van der Waals surface area contributed by atoms with Gasteiger partial charge in [-0.1, -0.05) is 103 Å². The third-order valence-corrected chi connectivity index (χ3v) is 10.2. The van der Waals surface area contributed by atoms with Gasteiger partial charge in [-0.05, 0) is 41.8 Å². The molecule has 4 aromatic heterocycles. The zero-order chi connectivity index (χ0) is 30.2. The fourth-order valence-electron chi connectivity index (χ4n) is 7.08. The minimum Gasteiger partial charge on any atom is -0.309 e. The maximum atomic E-state index is 5.15. The van der Waals surface area contributed by atoms with Crippen molar-refractivity contribution in [3.63, 3.8) is 0 Å². The van der Waals surface area contributed by atoms with Crippen molar-refractivity contribution in [2.45, 2.75) is 0 Å². The van der Waals surface area contributed by atoms with Gasteiger partial charge < -0.3 is 4.57 Å². The Morgan fingerprint density at radius 3 is 2.13 bits per heavy atom. The molecule has 0 saturated heterocycles. The van der Waals surface area contributed by atoms with Crippen molar-refractivity contribution >= 4 is 75.1 Å². The summed E-state index contributed by atoms with van der Waals surface area (Å²) in [6, 6.07) is 49.3. The number of fused-ring (bicyclic) bond motifs is 11. The van der Waals surface area contributed by atoms with Gasteiger partial charge in [-0.25, -0.2) is 15.0 Å². The van der Waals surface area contributed by atoms with Gasteiger partial charge in [0.25, 0.3) is 0 Å². The Morgan fingerprint density at radius 1 is 0.522 bits per heavy atom. The molecule has 6 aromatic carbocycles. The maximum absolute atomic E-state index is 5.15. The van der Waals surface area contributed by atoms with Crippen LogP contribution in [0.5, 0.6) is 0 Å². The zero-order valence-corrected chi connectivity index (χ0v) is 25.4. The molecule has 0 unspecified atom stereocenters. The molecule has 0 saturated carbocycles. The van der Waals surface area contributed by atoms with Gasteiger partial charge in [0.1, 0.15) is 0 Å². The fourth-order valence-corrected chi connectivity index (χ4v) is 8.32. The zero-order valence-electron chi connectivity index (χ0n) is 24.6. The fraction of sp³-hybridized carbons (Fsp3) is 0. The third kappa shape index (κ3) is 3.63. The summed E-state index contributed by atoms with van der Waals surface area (Å²) in [5.41, 5.74) is 7.04. The molecule has 0 aliphatic heterocycles. The summed E-state index contributed by atoms with van der Waals surface area (Å²) < 4.78 is 5.06. The molecule has 4 nitrogen and oxygen atoms in total. The number of thiophene rings is 1. The molecule has 10 rings (SSSR count). The van der Waals surface area contributed by atoms with Gasteiger partial charge in [0.2, 0.25) is 0 Å². The Kier molecular flexibility index (Phi) is 5.41. The van der Waals surface area contributed by atoms with E-state index in [2.05, 4.69) is 119 Å². The van der Waals surface area contributed by atoms with Crippen LogP contribution in [0.15, 0.2) is 146 Å². The number of benzene rings is 6. The van der Waals surface area contributed by atoms with Crippen LogP contribution in [-0.2, 0) is 0 Å². The lowest BCUT2D eigenvalue weighted by atomic mass is 10.00. The molecule has 5 heteroatoms. The van der Waals surface area contributed by atoms with Gasteiger partial charge in [-0.3, -0.25) is 0 Å². The molecule has 0 spiro atoms. The molecule has 214 valence electrons. The molecule has 0 N–H and O–H groups in total. The van der Waals surface area contributed by atoms with E-state index in [0.717, 1.165) is 27.9 Å². The second kappa shape index (κ2) is 9.80. The van der Waals surface area contributed by atoms with Crippen LogP contribution in [0.1, 0.15) is 0 Å². The molecule has 0 atom stereocenters. The van der Waals surface area contributed by atoms with Crippen LogP contribution in [0.4, 0.5) is 0 Å². The summed E-state index contributed by atoms with van der Waals surface area (Å²) >= 11 is 1.88. The number of pyridine rings is 1. The number of hydrogen-bond donors (Lipinski definition) is 0. The van der Waals surface area contributed by atoms with E-state index >= 15 is 0 Å². The molecule has 0 amide bonds. The van der Waals surface area contributed by atoms with E-state index in [-0.39, 0.29) is 0 Å². The second-order valence-corrected chi connectivity index (χ2v) is 12.7. The first kappa shape index (κ1) is 25.4. The average molecular weight is 605 g/mol. The lowest BCUT2D eigenvalue weighted by molar-refractivity contribution is 1.16. The smallest absolute Gasteiger partial charge is 0.163 e. The molecule has 0 aliphatic carbocycles. The van der Waals surface area contributed by atoms with Crippen LogP contribution in [0, 0.1) is 0 Å². The van der Waals surface area contributed by atoms with E-state index in [9.17, 15) is 0 Å². The van der Waals surface area contributed by atoms with Gasteiger partial charge in [0.15, 0.2) is 11.5 Å². The van der Waals surface area contributed by atoms with Gasteiger partial charge in [0, 0.05) is 64.7 Å². The summed E-state index contributed by atoms with van der Waals surface area (Å²) in [5.74, 6) is 0.657. The highest BCUT2D eigenvalue weighted by atomic mass is 32.1. The first-order valence-electron chi connectivity index (χ1n) is 15.4. The maximum Gasteiger partial charge on any atom is 0.163 e. The van der Waals surface area contributed by atoms with E-state index in [1.807, 2.05) is 41.7 Å². The van der Waals surface area contributed by atoms with Crippen LogP contribution in [0.25, 0.3) is 92.1 Å². The lowest BCUT2D eigenvalue weighted by Gasteiger charge is -2.13. The number of aromatic nitrogens is 4. The van der Waals surface area contributed by atoms with E-state index in [4.69, 9.17) is 9.97 Å². The number of nitrogens with zero attached hydrogens (tertiary/aromatic N) is 4. The standard InChI is InChI=1S/C41H24N4S/c1-2-12-25(13-3-1)37-32-20-11-23-42-41(32)44-40(43-37)26-14-10-15-27(24-26)45-33-21-8-6-18-30(33)35-28-16-4-5-17-29(28)39-36(38(35)45)31-19-7-9-22-34(31)46-39/h1-24H. The van der Waals surface area contributed by atoms with Crippen molar-refractivity contribution in [1.82, 2.24) is 19.5 Å². The third-order valence-electron chi connectivity index (χ3n) is 9.03. The minimum absolute atomic E-state index is 0.657.